The van der Waals surface area contributed by atoms with Crippen molar-refractivity contribution in [1.82, 2.24) is 15.3 Å². The van der Waals surface area contributed by atoms with E-state index in [9.17, 15) is 9.90 Å². The number of anilines is 2. The molecule has 0 fully saturated rings. The Hall–Kier alpha value is -3.23. The van der Waals surface area contributed by atoms with Gasteiger partial charge in [0, 0.05) is 30.4 Å². The number of nitrogens with zero attached hydrogens (tertiary/aromatic N) is 1. The van der Waals surface area contributed by atoms with Crippen molar-refractivity contribution in [2.24, 2.45) is 0 Å². The van der Waals surface area contributed by atoms with Gasteiger partial charge in [0.05, 0.1) is 46.6 Å². The van der Waals surface area contributed by atoms with Gasteiger partial charge in [0.15, 0.2) is 5.75 Å². The number of benzene rings is 1. The number of aromatic amines is 1. The zero-order valence-electron chi connectivity index (χ0n) is 18.1. The molecule has 1 aliphatic heterocycles. The number of rotatable bonds is 7. The molecule has 0 saturated carbocycles. The molecule has 4 rings (SSSR count). The highest BCUT2D eigenvalue weighted by atomic mass is 35.5. The second-order valence-corrected chi connectivity index (χ2v) is 8.56. The summed E-state index contributed by atoms with van der Waals surface area (Å²) in [5.41, 5.74) is 2.90. The van der Waals surface area contributed by atoms with E-state index in [1.165, 1.54) is 7.11 Å². The third-order valence-corrected chi connectivity index (χ3v) is 5.33. The first-order valence-corrected chi connectivity index (χ1v) is 10.6. The van der Waals surface area contributed by atoms with Crippen LogP contribution in [-0.4, -0.2) is 46.8 Å². The van der Waals surface area contributed by atoms with Gasteiger partial charge in [-0.05, 0) is 32.0 Å². The van der Waals surface area contributed by atoms with Gasteiger partial charge < -0.3 is 30.2 Å². The van der Waals surface area contributed by atoms with Crippen molar-refractivity contribution in [3.63, 3.8) is 0 Å². The summed E-state index contributed by atoms with van der Waals surface area (Å²) >= 11 is 6.30. The first kappa shape index (κ1) is 22.0. The summed E-state index contributed by atoms with van der Waals surface area (Å²) in [5.74, 6) is 0.777. The molecule has 9 heteroatoms. The van der Waals surface area contributed by atoms with Crippen LogP contribution in [0, 0.1) is 0 Å². The molecule has 0 aliphatic carbocycles. The minimum Gasteiger partial charge on any atom is -0.493 e. The molecule has 3 heterocycles. The molecule has 2 aromatic heterocycles. The van der Waals surface area contributed by atoms with E-state index in [1.54, 1.807) is 44.4 Å². The molecule has 0 radical (unpaired) electrons. The maximum Gasteiger partial charge on any atom is 0.255 e. The number of H-pyrrole nitrogens is 1. The molecular formula is C23H25ClN4O4. The van der Waals surface area contributed by atoms with Gasteiger partial charge in [-0.25, -0.2) is 0 Å². The molecule has 1 aliphatic rings. The summed E-state index contributed by atoms with van der Waals surface area (Å²) in [6.07, 6.45) is 3.90. The highest BCUT2D eigenvalue weighted by molar-refractivity contribution is 6.32. The lowest BCUT2D eigenvalue weighted by Gasteiger charge is -2.20. The summed E-state index contributed by atoms with van der Waals surface area (Å²) in [6, 6.07) is 7.16. The Balaban J connectivity index is 1.85. The molecule has 1 aromatic carbocycles. The van der Waals surface area contributed by atoms with Crippen LogP contribution < -0.4 is 20.1 Å². The number of aromatic nitrogens is 2. The maximum atomic E-state index is 12.8. The number of pyridine rings is 1. The van der Waals surface area contributed by atoms with Gasteiger partial charge in [-0.3, -0.25) is 9.78 Å². The highest BCUT2D eigenvalue weighted by Crippen LogP contribution is 2.42. The van der Waals surface area contributed by atoms with Crippen molar-refractivity contribution in [2.75, 3.05) is 25.6 Å². The van der Waals surface area contributed by atoms with E-state index in [0.29, 0.717) is 57.7 Å². The topological polar surface area (TPSA) is 108 Å². The standard InChI is InChI=1S/C23H25ClN4O4/c1-23(2,30)12-32-17-11-25-9-7-13(17)19-20(18-15(27-19)8-10-26-22(18)29)28-16-6-4-5-14(24)21(16)31-3/h4-7,9,11,27-28,30H,8,10,12H2,1-3H3,(H,26,29). The third kappa shape index (κ3) is 4.37. The fourth-order valence-electron chi connectivity index (χ4n) is 3.61. The first-order chi connectivity index (χ1) is 15.3. The van der Waals surface area contributed by atoms with E-state index in [0.717, 1.165) is 5.69 Å². The van der Waals surface area contributed by atoms with E-state index in [4.69, 9.17) is 21.1 Å². The van der Waals surface area contributed by atoms with E-state index < -0.39 is 5.60 Å². The summed E-state index contributed by atoms with van der Waals surface area (Å²) in [6.45, 7) is 3.96. The SMILES string of the molecule is COc1c(Cl)cccc1Nc1c(-c2ccncc2OCC(C)(C)O)[nH]c2c1C(=O)NCC2. The molecule has 0 spiro atoms. The summed E-state index contributed by atoms with van der Waals surface area (Å²) in [7, 11) is 1.54. The van der Waals surface area contributed by atoms with E-state index >= 15 is 0 Å². The van der Waals surface area contributed by atoms with Crippen molar-refractivity contribution in [1.29, 1.82) is 0 Å². The van der Waals surface area contributed by atoms with Crippen molar-refractivity contribution in [3.8, 4) is 22.8 Å². The van der Waals surface area contributed by atoms with Gasteiger partial charge in [-0.1, -0.05) is 17.7 Å². The molecule has 0 unspecified atom stereocenters. The largest absolute Gasteiger partial charge is 0.493 e. The number of aliphatic hydroxyl groups is 1. The molecule has 3 aromatic rings. The first-order valence-electron chi connectivity index (χ1n) is 10.2. The summed E-state index contributed by atoms with van der Waals surface area (Å²) in [5, 5.41) is 16.8. The van der Waals surface area contributed by atoms with Crippen LogP contribution in [0.3, 0.4) is 0 Å². The van der Waals surface area contributed by atoms with Gasteiger partial charge in [-0.2, -0.15) is 0 Å². The number of para-hydroxylation sites is 1. The lowest BCUT2D eigenvalue weighted by atomic mass is 10.0. The van der Waals surface area contributed by atoms with Gasteiger partial charge in [0.25, 0.3) is 5.91 Å². The number of fused-ring (bicyclic) bond motifs is 1. The van der Waals surface area contributed by atoms with Crippen LogP contribution in [-0.2, 0) is 6.42 Å². The minimum atomic E-state index is -1.02. The van der Waals surface area contributed by atoms with E-state index in [-0.39, 0.29) is 12.5 Å². The van der Waals surface area contributed by atoms with Crippen molar-refractivity contribution >= 4 is 28.9 Å². The molecule has 1 amide bonds. The lowest BCUT2D eigenvalue weighted by Crippen LogP contribution is -2.31. The van der Waals surface area contributed by atoms with E-state index in [2.05, 4.69) is 20.6 Å². The number of halogens is 1. The van der Waals surface area contributed by atoms with Crippen LogP contribution in [0.4, 0.5) is 11.4 Å². The molecule has 0 bridgehead atoms. The number of hydrogen-bond donors (Lipinski definition) is 4. The number of hydrogen-bond acceptors (Lipinski definition) is 6. The predicted octanol–water partition coefficient (Wildman–Crippen LogP) is 3.92. The van der Waals surface area contributed by atoms with Gasteiger partial charge in [-0.15, -0.1) is 0 Å². The molecule has 0 atom stereocenters. The average Bonchev–Trinajstić information content (AvgIpc) is 3.11. The molecule has 32 heavy (non-hydrogen) atoms. The normalized spacial score (nSPS) is 13.3. The monoisotopic (exact) mass is 456 g/mol. The zero-order valence-corrected chi connectivity index (χ0v) is 18.8. The Labute approximate surface area is 190 Å². The van der Waals surface area contributed by atoms with Crippen LogP contribution in [0.2, 0.25) is 5.02 Å². The number of nitrogens with one attached hydrogen (secondary N) is 3. The van der Waals surface area contributed by atoms with Crippen LogP contribution in [0.1, 0.15) is 29.9 Å². The molecule has 8 nitrogen and oxygen atoms in total. The predicted molar refractivity (Wildman–Crippen MR) is 123 cm³/mol. The Morgan fingerprint density at radius 3 is 2.88 bits per heavy atom. The number of amides is 1. The highest BCUT2D eigenvalue weighted by Gasteiger charge is 2.29. The maximum absolute atomic E-state index is 12.8. The zero-order chi connectivity index (χ0) is 22.9. The molecular weight excluding hydrogens is 432 g/mol. The van der Waals surface area contributed by atoms with Crippen LogP contribution >= 0.6 is 11.6 Å². The fraction of sp³-hybridized carbons (Fsp3) is 0.304. The lowest BCUT2D eigenvalue weighted by molar-refractivity contribution is 0.0286. The Morgan fingerprint density at radius 2 is 2.12 bits per heavy atom. The smallest absolute Gasteiger partial charge is 0.255 e. The number of carbonyl (C=O) groups excluding carboxylic acids is 1. The average molecular weight is 457 g/mol. The number of ether oxygens (including phenoxy) is 2. The van der Waals surface area contributed by atoms with Gasteiger partial charge in [0.1, 0.15) is 12.4 Å². The van der Waals surface area contributed by atoms with E-state index in [1.807, 2.05) is 6.07 Å². The van der Waals surface area contributed by atoms with Gasteiger partial charge >= 0.3 is 0 Å². The second-order valence-electron chi connectivity index (χ2n) is 8.15. The van der Waals surface area contributed by atoms with Crippen LogP contribution in [0.15, 0.2) is 36.7 Å². The molecule has 168 valence electrons. The number of carbonyl (C=O) groups is 1. The summed E-state index contributed by atoms with van der Waals surface area (Å²) < 4.78 is 11.4. The van der Waals surface area contributed by atoms with Gasteiger partial charge in [0.2, 0.25) is 0 Å². The van der Waals surface area contributed by atoms with Crippen LogP contribution in [0.5, 0.6) is 11.5 Å². The molecule has 4 N–H and O–H groups in total. The fourth-order valence-corrected chi connectivity index (χ4v) is 3.86. The second kappa shape index (κ2) is 8.72. The quantitative estimate of drug-likeness (QED) is 0.429. The molecule has 0 saturated heterocycles. The minimum absolute atomic E-state index is 0.0808. The Bertz CT molecular complexity index is 1150. The number of methoxy groups -OCH3 is 1. The van der Waals surface area contributed by atoms with Crippen molar-refractivity contribution < 1.29 is 19.4 Å². The van der Waals surface area contributed by atoms with Crippen molar-refractivity contribution in [2.45, 2.75) is 25.9 Å². The Morgan fingerprint density at radius 1 is 1.31 bits per heavy atom. The Kier molecular flexibility index (Phi) is 5.99. The summed E-state index contributed by atoms with van der Waals surface area (Å²) in [4.78, 5) is 20.4. The van der Waals surface area contributed by atoms with Crippen molar-refractivity contribution in [3.05, 3.63) is 52.9 Å². The van der Waals surface area contributed by atoms with Crippen LogP contribution in [0.25, 0.3) is 11.3 Å². The third-order valence-electron chi connectivity index (χ3n) is 5.03.